The summed E-state index contributed by atoms with van der Waals surface area (Å²) in [6.07, 6.45) is 5.37. The molecule has 1 aromatic carbocycles. The quantitative estimate of drug-likeness (QED) is 0.713. The van der Waals surface area contributed by atoms with E-state index in [1.54, 1.807) is 18.6 Å². The van der Waals surface area contributed by atoms with Crippen molar-refractivity contribution >= 4 is 39.1 Å². The highest BCUT2D eigenvalue weighted by atomic mass is 79.9. The number of hydrogen-bond donors (Lipinski definition) is 0. The Balaban J connectivity index is 2.03. The maximum absolute atomic E-state index is 6.42. The normalized spacial score (nSPS) is 28.2. The number of rotatable bonds is 4. The van der Waals surface area contributed by atoms with E-state index >= 15 is 0 Å². The van der Waals surface area contributed by atoms with Crippen LogP contribution >= 0.6 is 39.1 Å². The fraction of sp³-hybridized carbons (Fsp3) is 0.400. The molecule has 0 N–H and O–H groups in total. The molecule has 22 heavy (non-hydrogen) atoms. The fourth-order valence-electron chi connectivity index (χ4n) is 2.64. The minimum Gasteiger partial charge on any atom is -0.346 e. The van der Waals surface area contributed by atoms with Crippen molar-refractivity contribution in [3.8, 4) is 0 Å². The van der Waals surface area contributed by atoms with Crippen molar-refractivity contribution < 1.29 is 9.47 Å². The van der Waals surface area contributed by atoms with E-state index < -0.39 is 11.4 Å². The zero-order valence-corrected chi connectivity index (χ0v) is 15.0. The van der Waals surface area contributed by atoms with E-state index in [0.717, 1.165) is 5.56 Å². The lowest BCUT2D eigenvalue weighted by atomic mass is 9.94. The first-order chi connectivity index (χ1) is 10.5. The van der Waals surface area contributed by atoms with Gasteiger partial charge in [-0.05, 0) is 19.1 Å². The number of ether oxygens (including phenoxy) is 2. The largest absolute Gasteiger partial charge is 0.346 e. The van der Waals surface area contributed by atoms with Crippen molar-refractivity contribution in [1.82, 2.24) is 9.55 Å². The van der Waals surface area contributed by atoms with E-state index in [9.17, 15) is 0 Å². The van der Waals surface area contributed by atoms with Crippen molar-refractivity contribution in [2.24, 2.45) is 0 Å². The van der Waals surface area contributed by atoms with E-state index in [4.69, 9.17) is 32.7 Å². The highest BCUT2D eigenvalue weighted by Crippen LogP contribution is 2.44. The van der Waals surface area contributed by atoms with Crippen LogP contribution in [0.25, 0.3) is 0 Å². The molecule has 0 spiro atoms. The second kappa shape index (κ2) is 6.13. The Morgan fingerprint density at radius 2 is 2.23 bits per heavy atom. The summed E-state index contributed by atoms with van der Waals surface area (Å²) in [6.45, 7) is 2.85. The van der Waals surface area contributed by atoms with Gasteiger partial charge in [0.1, 0.15) is 5.60 Å². The van der Waals surface area contributed by atoms with Gasteiger partial charge in [0.05, 0.1) is 24.8 Å². The Morgan fingerprint density at radius 3 is 2.82 bits per heavy atom. The van der Waals surface area contributed by atoms with E-state index in [2.05, 4.69) is 20.9 Å². The summed E-state index contributed by atoms with van der Waals surface area (Å²) >= 11 is 15.9. The molecule has 0 amide bonds. The second-order valence-corrected chi connectivity index (χ2v) is 6.92. The lowest BCUT2D eigenvalue weighted by molar-refractivity contribution is -0.162. The third-order valence-corrected chi connectivity index (χ3v) is 5.25. The van der Waals surface area contributed by atoms with Crippen LogP contribution in [0.2, 0.25) is 10.0 Å². The van der Waals surface area contributed by atoms with E-state index in [1.807, 2.05) is 29.8 Å². The van der Waals surface area contributed by atoms with Crippen LogP contribution in [0.3, 0.4) is 0 Å². The van der Waals surface area contributed by atoms with Crippen molar-refractivity contribution in [3.05, 3.63) is 52.5 Å². The Kier molecular flexibility index (Phi) is 4.54. The van der Waals surface area contributed by atoms with E-state index in [1.165, 1.54) is 0 Å². The SMILES string of the molecule is CC1(CBr)OCC(Cn2ccnc2)(c2ccc(Cl)cc2Cl)O1. The van der Waals surface area contributed by atoms with Gasteiger partial charge in [-0.25, -0.2) is 4.98 Å². The molecular formula is C15H15BrCl2N2O2. The number of halogens is 3. The summed E-state index contributed by atoms with van der Waals surface area (Å²) in [6, 6.07) is 5.43. The van der Waals surface area contributed by atoms with Gasteiger partial charge in [-0.3, -0.25) is 0 Å². The molecule has 1 saturated heterocycles. The van der Waals surface area contributed by atoms with Gasteiger partial charge in [0.25, 0.3) is 0 Å². The van der Waals surface area contributed by atoms with E-state index in [0.29, 0.717) is 28.5 Å². The molecule has 1 fully saturated rings. The van der Waals surface area contributed by atoms with Gasteiger partial charge >= 0.3 is 0 Å². The molecule has 118 valence electrons. The highest BCUT2D eigenvalue weighted by Gasteiger charge is 2.49. The van der Waals surface area contributed by atoms with Gasteiger partial charge in [0.15, 0.2) is 5.79 Å². The smallest absolute Gasteiger partial charge is 0.176 e. The summed E-state index contributed by atoms with van der Waals surface area (Å²) in [5.74, 6) is -0.705. The van der Waals surface area contributed by atoms with E-state index in [-0.39, 0.29) is 0 Å². The maximum Gasteiger partial charge on any atom is 0.176 e. The topological polar surface area (TPSA) is 36.3 Å². The van der Waals surface area contributed by atoms with Crippen molar-refractivity contribution in [2.75, 3.05) is 11.9 Å². The second-order valence-electron chi connectivity index (χ2n) is 5.51. The zero-order chi connectivity index (χ0) is 15.8. The molecule has 2 unspecified atom stereocenters. The number of alkyl halides is 1. The molecule has 2 heterocycles. The maximum atomic E-state index is 6.42. The summed E-state index contributed by atoms with van der Waals surface area (Å²) in [5.41, 5.74) is 0.169. The Morgan fingerprint density at radius 1 is 1.41 bits per heavy atom. The van der Waals surface area contributed by atoms with Crippen molar-refractivity contribution in [2.45, 2.75) is 24.9 Å². The molecule has 7 heteroatoms. The molecule has 0 radical (unpaired) electrons. The predicted octanol–water partition coefficient (Wildman–Crippen LogP) is 4.24. The zero-order valence-electron chi connectivity index (χ0n) is 11.9. The average molecular weight is 406 g/mol. The Labute approximate surface area is 147 Å². The first-order valence-corrected chi connectivity index (χ1v) is 8.65. The Hall–Kier alpha value is -0.590. The van der Waals surface area contributed by atoms with Crippen molar-refractivity contribution in [1.29, 1.82) is 0 Å². The van der Waals surface area contributed by atoms with Gasteiger partial charge in [0, 0.05) is 28.0 Å². The van der Waals surface area contributed by atoms with Gasteiger partial charge in [-0.1, -0.05) is 45.2 Å². The molecule has 0 aliphatic carbocycles. The molecule has 3 rings (SSSR count). The number of aromatic nitrogens is 2. The van der Waals surface area contributed by atoms with Gasteiger partial charge in [0.2, 0.25) is 0 Å². The van der Waals surface area contributed by atoms with Crippen LogP contribution in [0, 0.1) is 0 Å². The lowest BCUT2D eigenvalue weighted by Gasteiger charge is -2.31. The van der Waals surface area contributed by atoms with Crippen molar-refractivity contribution in [3.63, 3.8) is 0 Å². The summed E-state index contributed by atoms with van der Waals surface area (Å²) in [7, 11) is 0. The van der Waals surface area contributed by atoms with Gasteiger partial charge in [-0.15, -0.1) is 0 Å². The summed E-state index contributed by atoms with van der Waals surface area (Å²) < 4.78 is 14.2. The minimum absolute atomic E-state index is 0.397. The predicted molar refractivity (Wildman–Crippen MR) is 89.6 cm³/mol. The van der Waals surface area contributed by atoms with Crippen LogP contribution in [0.1, 0.15) is 12.5 Å². The number of benzene rings is 1. The van der Waals surface area contributed by atoms with Crippen LogP contribution in [0.5, 0.6) is 0 Å². The number of imidazole rings is 1. The molecule has 1 aromatic heterocycles. The number of nitrogens with zero attached hydrogens (tertiary/aromatic N) is 2. The Bertz CT molecular complexity index is 668. The summed E-state index contributed by atoms with van der Waals surface area (Å²) in [4.78, 5) is 4.09. The molecule has 1 aliphatic rings. The standard InChI is InChI=1S/C15H15BrCl2N2O2/c1-14(7-16)21-9-15(22-14,8-20-5-4-19-10-20)12-3-2-11(17)6-13(12)18/h2-6,10H,7-9H2,1H3. The minimum atomic E-state index is -0.705. The van der Waals surface area contributed by atoms with Crippen LogP contribution in [0.15, 0.2) is 36.9 Å². The summed E-state index contributed by atoms with van der Waals surface area (Å²) in [5, 5.41) is 1.72. The number of hydrogen-bond acceptors (Lipinski definition) is 3. The van der Waals surface area contributed by atoms with Crippen LogP contribution in [0.4, 0.5) is 0 Å². The van der Waals surface area contributed by atoms with Gasteiger partial charge in [-0.2, -0.15) is 0 Å². The monoisotopic (exact) mass is 404 g/mol. The first kappa shape index (κ1) is 16.3. The van der Waals surface area contributed by atoms with Crippen LogP contribution in [-0.2, 0) is 21.6 Å². The molecule has 2 aromatic rings. The lowest BCUT2D eigenvalue weighted by Crippen LogP contribution is -2.37. The van der Waals surface area contributed by atoms with Crippen LogP contribution in [-0.4, -0.2) is 27.3 Å². The molecule has 4 nitrogen and oxygen atoms in total. The fourth-order valence-corrected chi connectivity index (χ4v) is 3.49. The molecule has 0 bridgehead atoms. The highest BCUT2D eigenvalue weighted by molar-refractivity contribution is 9.09. The van der Waals surface area contributed by atoms with Gasteiger partial charge < -0.3 is 14.0 Å². The molecule has 2 atom stereocenters. The molecule has 0 saturated carbocycles. The molecule has 1 aliphatic heterocycles. The molecular weight excluding hydrogens is 391 g/mol. The first-order valence-electron chi connectivity index (χ1n) is 6.78. The van der Waals surface area contributed by atoms with Crippen LogP contribution < -0.4 is 0 Å². The average Bonchev–Trinajstić information content (AvgIpc) is 3.09. The third kappa shape index (κ3) is 3.05. The third-order valence-electron chi connectivity index (χ3n) is 3.68.